The van der Waals surface area contributed by atoms with Gasteiger partial charge in [-0.3, -0.25) is 9.80 Å². The Labute approximate surface area is 327 Å². The highest BCUT2D eigenvalue weighted by atomic mass is 35.5. The fourth-order valence-corrected chi connectivity index (χ4v) is 11.7. The minimum Gasteiger partial charge on any atom is -0.491 e. The molecule has 5 atom stereocenters. The third-order valence-electron chi connectivity index (χ3n) is 13.2. The topological polar surface area (TPSA) is 124 Å². The number of aliphatic hydroxyl groups is 1. The van der Waals surface area contributed by atoms with Crippen LogP contribution in [-0.4, -0.2) is 101 Å². The molecule has 2 aromatic heterocycles. The Morgan fingerprint density at radius 2 is 1.93 bits per heavy atom. The Morgan fingerprint density at radius 1 is 1.12 bits per heavy atom. The number of nitrogen functional groups attached to an aromatic ring is 1. The van der Waals surface area contributed by atoms with Gasteiger partial charge in [-0.1, -0.05) is 24.1 Å². The lowest BCUT2D eigenvalue weighted by Crippen LogP contribution is -2.64. The van der Waals surface area contributed by atoms with Crippen LogP contribution in [0.5, 0.6) is 11.8 Å². The molecule has 4 saturated heterocycles. The van der Waals surface area contributed by atoms with Crippen molar-refractivity contribution in [2.75, 3.05) is 56.6 Å². The summed E-state index contributed by atoms with van der Waals surface area (Å²) in [5, 5.41) is 21.2. The second-order valence-corrected chi connectivity index (χ2v) is 18.1. The van der Waals surface area contributed by atoms with Crippen LogP contribution in [0.1, 0.15) is 56.9 Å². The van der Waals surface area contributed by atoms with E-state index in [-0.39, 0.29) is 90.6 Å². The van der Waals surface area contributed by atoms with Crippen LogP contribution in [0.2, 0.25) is 5.02 Å². The molecule has 0 bridgehead atoms. The third-order valence-corrected chi connectivity index (χ3v) is 14.6. The van der Waals surface area contributed by atoms with E-state index in [2.05, 4.69) is 14.8 Å². The van der Waals surface area contributed by atoms with Gasteiger partial charge in [0.25, 0.3) is 5.92 Å². The molecule has 5 aliphatic heterocycles. The minimum atomic E-state index is -2.86. The molecule has 3 unspecified atom stereocenters. The Bertz CT molecular complexity index is 2340. The highest BCUT2D eigenvalue weighted by Crippen LogP contribution is 2.55. The number of halogens is 6. The summed E-state index contributed by atoms with van der Waals surface area (Å²) in [7, 11) is 0. The van der Waals surface area contributed by atoms with E-state index in [9.17, 15) is 23.5 Å². The molecule has 296 valence electrons. The van der Waals surface area contributed by atoms with Gasteiger partial charge in [-0.15, -0.1) is 11.3 Å². The number of hydrogen-bond donors (Lipinski definition) is 2. The number of thiophene rings is 1. The summed E-state index contributed by atoms with van der Waals surface area (Å²) < 4.78 is 88.2. The van der Waals surface area contributed by atoms with Crippen LogP contribution < -0.4 is 20.1 Å². The number of nitriles is 1. The van der Waals surface area contributed by atoms with Crippen molar-refractivity contribution in [2.45, 2.75) is 81.3 Å². The van der Waals surface area contributed by atoms with Crippen molar-refractivity contribution in [3.8, 4) is 29.0 Å². The van der Waals surface area contributed by atoms with Crippen molar-refractivity contribution in [3.63, 3.8) is 0 Å². The monoisotopic (exact) mass is 815 g/mol. The van der Waals surface area contributed by atoms with E-state index in [4.69, 9.17) is 31.8 Å². The number of ether oxygens (including phenoxy) is 2. The fraction of sp³-hybridized carbons (Fsp3) is 0.564. The van der Waals surface area contributed by atoms with E-state index >= 15 is 8.78 Å². The summed E-state index contributed by atoms with van der Waals surface area (Å²) in [4.78, 5) is 15.6. The van der Waals surface area contributed by atoms with Crippen molar-refractivity contribution < 1.29 is 36.5 Å². The summed E-state index contributed by atoms with van der Waals surface area (Å²) in [6.07, 6.45) is 2.29. The van der Waals surface area contributed by atoms with Crippen LogP contribution in [0.4, 0.5) is 32.8 Å². The first-order valence-corrected chi connectivity index (χ1v) is 20.4. The fourth-order valence-electron chi connectivity index (χ4n) is 10.4. The molecule has 7 heterocycles. The number of hydrogen-bond acceptors (Lipinski definition) is 11. The number of aromatic nitrogens is 2. The van der Waals surface area contributed by atoms with Crippen molar-refractivity contribution in [2.24, 2.45) is 11.3 Å². The lowest BCUT2D eigenvalue weighted by Gasteiger charge is -2.53. The number of likely N-dealkylation sites (tertiary alicyclic amines) is 1. The first kappa shape index (κ1) is 36.6. The smallest absolute Gasteiger partial charge is 0.319 e. The van der Waals surface area contributed by atoms with Crippen LogP contribution in [0.25, 0.3) is 32.1 Å². The summed E-state index contributed by atoms with van der Waals surface area (Å²) in [5.74, 6) is -4.97. The predicted octanol–water partition coefficient (Wildman–Crippen LogP) is 7.27. The second kappa shape index (κ2) is 12.9. The van der Waals surface area contributed by atoms with Gasteiger partial charge in [-0.25, -0.2) is 22.0 Å². The van der Waals surface area contributed by atoms with Gasteiger partial charge in [0.1, 0.15) is 47.2 Å². The van der Waals surface area contributed by atoms with Crippen molar-refractivity contribution >= 4 is 54.7 Å². The normalized spacial score (nSPS) is 28.5. The first-order valence-electron chi connectivity index (χ1n) is 19.2. The Morgan fingerprint density at radius 3 is 2.70 bits per heavy atom. The average molecular weight is 816 g/mol. The van der Waals surface area contributed by atoms with E-state index < -0.39 is 41.4 Å². The molecule has 0 radical (unpaired) electrons. The van der Waals surface area contributed by atoms with Crippen molar-refractivity contribution in [1.29, 1.82) is 5.26 Å². The number of rotatable bonds is 6. The zero-order valence-corrected chi connectivity index (χ0v) is 31.8. The van der Waals surface area contributed by atoms with Crippen LogP contribution in [0.15, 0.2) is 12.1 Å². The number of nitrogens with two attached hydrogens (primary N) is 1. The van der Waals surface area contributed by atoms with E-state index in [0.717, 1.165) is 50.0 Å². The number of benzene rings is 2. The van der Waals surface area contributed by atoms with Crippen LogP contribution in [0, 0.1) is 34.3 Å². The number of fused-ring (bicyclic) bond motifs is 4. The molecule has 17 heteroatoms. The SMILES string of the molecule is N#Cc1c(N)sc2c(F)ccc(-c3c(Cl)c4c5c(nc(OC[C@@]67CCCN6C[C@H](F)C7)nc5c3F)N3CC5(CCCC3CCO4)CN(C(O)C3CC3(F)F)C5)c12. The van der Waals surface area contributed by atoms with Gasteiger partial charge in [0.15, 0.2) is 11.6 Å². The first-order chi connectivity index (χ1) is 26.8. The molecule has 1 aliphatic carbocycles. The van der Waals surface area contributed by atoms with Gasteiger partial charge < -0.3 is 25.2 Å². The highest BCUT2D eigenvalue weighted by Gasteiger charge is 2.63. The Balaban J connectivity index is 1.13. The van der Waals surface area contributed by atoms with E-state index in [1.165, 1.54) is 12.1 Å². The molecule has 6 aliphatic rings. The zero-order chi connectivity index (χ0) is 38.9. The number of nitrogens with zero attached hydrogens (tertiary/aromatic N) is 6. The van der Waals surface area contributed by atoms with Crippen LogP contribution in [-0.2, 0) is 0 Å². The predicted molar refractivity (Wildman–Crippen MR) is 201 cm³/mol. The van der Waals surface area contributed by atoms with Crippen molar-refractivity contribution in [1.82, 2.24) is 19.8 Å². The lowest BCUT2D eigenvalue weighted by atomic mass is 9.75. The van der Waals surface area contributed by atoms with Gasteiger partial charge in [-0.05, 0) is 43.9 Å². The maximum atomic E-state index is 17.6. The summed E-state index contributed by atoms with van der Waals surface area (Å²) in [5.41, 5.74) is 5.07. The van der Waals surface area contributed by atoms with Crippen LogP contribution >= 0.6 is 22.9 Å². The maximum Gasteiger partial charge on any atom is 0.319 e. The Kier molecular flexibility index (Phi) is 8.41. The molecule has 2 aromatic carbocycles. The van der Waals surface area contributed by atoms with Crippen LogP contribution in [0.3, 0.4) is 0 Å². The summed E-state index contributed by atoms with van der Waals surface area (Å²) in [6, 6.07) is 4.36. The molecular weight excluding hydrogens is 777 g/mol. The van der Waals surface area contributed by atoms with Gasteiger partial charge in [0.2, 0.25) is 0 Å². The molecule has 10 nitrogen and oxygen atoms in total. The summed E-state index contributed by atoms with van der Waals surface area (Å²) >= 11 is 8.05. The summed E-state index contributed by atoms with van der Waals surface area (Å²) in [6.45, 7) is 2.62. The molecular formula is C39H39ClF5N7O3S. The molecule has 3 N–H and O–H groups in total. The minimum absolute atomic E-state index is 0.00285. The van der Waals surface area contributed by atoms with Crippen molar-refractivity contribution in [3.05, 3.63) is 34.4 Å². The molecule has 1 saturated carbocycles. The molecule has 56 heavy (non-hydrogen) atoms. The number of aliphatic hydroxyl groups excluding tert-OH is 1. The third kappa shape index (κ3) is 5.55. The number of anilines is 2. The molecule has 10 rings (SSSR count). The Hall–Kier alpha value is -3.75. The average Bonchev–Trinajstić information content (AvgIpc) is 3.32. The second-order valence-electron chi connectivity index (χ2n) is 16.7. The highest BCUT2D eigenvalue weighted by molar-refractivity contribution is 7.23. The van der Waals surface area contributed by atoms with Gasteiger partial charge >= 0.3 is 6.01 Å². The zero-order valence-electron chi connectivity index (χ0n) is 30.3. The molecule has 1 spiro atoms. The standard InChI is InChI=1S/C39H39ClF5N7O3S/c40-28-26(21-4-5-24(42)32-25(21)22(13-46)33(47)56-32)29(43)30-27-31(28)54-10-6-20-3-1-7-37(15-50(16-37)35(53)23-12-39(23,44)45)17-52(20)34(27)49-36(48-30)55-18-38-8-2-9-51(38)14-19(41)11-38/h4-5,19-20,23,35,53H,1-3,6-12,14-18,47H2/t19-,20?,23?,35?,38+/m1/s1. The van der Waals surface area contributed by atoms with E-state index in [1.54, 1.807) is 4.90 Å². The largest absolute Gasteiger partial charge is 0.491 e. The van der Waals surface area contributed by atoms with Gasteiger partial charge in [0.05, 0.1) is 38.7 Å². The van der Waals surface area contributed by atoms with E-state index in [1.807, 2.05) is 6.07 Å². The lowest BCUT2D eigenvalue weighted by molar-refractivity contribution is -0.131. The van der Waals surface area contributed by atoms with E-state index in [0.29, 0.717) is 44.8 Å². The van der Waals surface area contributed by atoms with Gasteiger partial charge in [0, 0.05) is 67.8 Å². The molecule has 5 fully saturated rings. The number of alkyl halides is 3. The molecule has 0 amide bonds. The quantitative estimate of drug-likeness (QED) is 0.192. The molecule has 4 aromatic rings. The van der Waals surface area contributed by atoms with Gasteiger partial charge in [-0.2, -0.15) is 15.2 Å². The maximum absolute atomic E-state index is 17.6.